The average Bonchev–Trinajstić information content (AvgIpc) is 2.84. The summed E-state index contributed by atoms with van der Waals surface area (Å²) in [5.74, 6) is 0. The van der Waals surface area contributed by atoms with Crippen molar-refractivity contribution in [3.05, 3.63) is 65.2 Å². The molecular formula is C21H22N2. The molecule has 2 nitrogen and oxygen atoms in total. The summed E-state index contributed by atoms with van der Waals surface area (Å²) in [4.78, 5) is 2.64. The van der Waals surface area contributed by atoms with Crippen molar-refractivity contribution in [3.8, 4) is 6.07 Å². The van der Waals surface area contributed by atoms with Gasteiger partial charge in [0, 0.05) is 17.8 Å². The van der Waals surface area contributed by atoms with Crippen LogP contribution in [0.4, 0.5) is 5.69 Å². The zero-order valence-electron chi connectivity index (χ0n) is 13.4. The first kappa shape index (κ1) is 14.3. The summed E-state index contributed by atoms with van der Waals surface area (Å²) in [7, 11) is 0. The minimum absolute atomic E-state index is 0.714. The Morgan fingerprint density at radius 2 is 1.70 bits per heavy atom. The number of benzene rings is 2. The van der Waals surface area contributed by atoms with Crippen molar-refractivity contribution < 1.29 is 0 Å². The topological polar surface area (TPSA) is 27.0 Å². The molecule has 2 saturated heterocycles. The number of rotatable bonds is 3. The molecule has 116 valence electrons. The van der Waals surface area contributed by atoms with E-state index in [2.05, 4.69) is 47.4 Å². The van der Waals surface area contributed by atoms with Gasteiger partial charge in [-0.15, -0.1) is 0 Å². The molecule has 0 N–H and O–H groups in total. The molecule has 23 heavy (non-hydrogen) atoms. The molecule has 0 amide bonds. The van der Waals surface area contributed by atoms with Crippen molar-refractivity contribution in [2.75, 3.05) is 4.90 Å². The van der Waals surface area contributed by atoms with Gasteiger partial charge in [0.2, 0.25) is 0 Å². The Morgan fingerprint density at radius 1 is 0.957 bits per heavy atom. The third-order valence-corrected chi connectivity index (χ3v) is 5.44. The molecule has 2 aliphatic heterocycles. The van der Waals surface area contributed by atoms with Crippen molar-refractivity contribution >= 4 is 5.69 Å². The molecule has 0 unspecified atom stereocenters. The second-order valence-electron chi connectivity index (χ2n) is 6.84. The van der Waals surface area contributed by atoms with Crippen LogP contribution >= 0.6 is 0 Å². The molecule has 2 aromatic rings. The Labute approximate surface area is 138 Å². The first-order valence-electron chi connectivity index (χ1n) is 8.70. The van der Waals surface area contributed by atoms with Crippen LogP contribution in [0, 0.1) is 11.3 Å². The number of piperidine rings is 1. The monoisotopic (exact) mass is 302 g/mol. The molecule has 2 bridgehead atoms. The summed E-state index contributed by atoms with van der Waals surface area (Å²) in [6.07, 6.45) is 7.52. The predicted octanol–water partition coefficient (Wildman–Crippen LogP) is 4.67. The summed E-state index contributed by atoms with van der Waals surface area (Å²) in [5.41, 5.74) is 4.55. The zero-order chi connectivity index (χ0) is 15.6. The maximum atomic E-state index is 9.45. The quantitative estimate of drug-likeness (QED) is 0.823. The standard InChI is InChI=1S/C21H22N2/c22-15-17-9-10-21(23-19-7-4-8-20(23)12-11-19)14-18(17)13-16-5-2-1-3-6-16/h1-3,5-6,9-10,14,19-20H,4,7-8,11-13H2/t19-,20+. The van der Waals surface area contributed by atoms with Gasteiger partial charge in [0.25, 0.3) is 0 Å². The molecule has 0 spiro atoms. The first-order chi connectivity index (χ1) is 11.3. The highest BCUT2D eigenvalue weighted by Gasteiger charge is 2.36. The van der Waals surface area contributed by atoms with Gasteiger partial charge in [0.1, 0.15) is 0 Å². The summed E-state index contributed by atoms with van der Waals surface area (Å²) in [6, 6.07) is 20.7. The van der Waals surface area contributed by atoms with Gasteiger partial charge in [0.15, 0.2) is 0 Å². The van der Waals surface area contributed by atoms with Crippen LogP contribution in [0.25, 0.3) is 0 Å². The molecule has 2 aromatic carbocycles. The molecular weight excluding hydrogens is 280 g/mol. The number of nitrogens with zero attached hydrogens (tertiary/aromatic N) is 2. The van der Waals surface area contributed by atoms with Crippen LogP contribution in [-0.2, 0) is 6.42 Å². The molecule has 2 atom stereocenters. The molecule has 0 aromatic heterocycles. The maximum absolute atomic E-state index is 9.45. The van der Waals surface area contributed by atoms with Gasteiger partial charge in [-0.1, -0.05) is 30.3 Å². The van der Waals surface area contributed by atoms with Crippen LogP contribution in [0.2, 0.25) is 0 Å². The van der Waals surface area contributed by atoms with Crippen molar-refractivity contribution in [3.63, 3.8) is 0 Å². The smallest absolute Gasteiger partial charge is 0.0994 e. The van der Waals surface area contributed by atoms with E-state index >= 15 is 0 Å². The van der Waals surface area contributed by atoms with Gasteiger partial charge in [-0.3, -0.25) is 0 Å². The Bertz CT molecular complexity index is 713. The maximum Gasteiger partial charge on any atom is 0.0994 e. The lowest BCUT2D eigenvalue weighted by molar-refractivity contribution is 0.468. The van der Waals surface area contributed by atoms with Crippen LogP contribution in [0.3, 0.4) is 0 Å². The summed E-state index contributed by atoms with van der Waals surface area (Å²) < 4.78 is 0. The van der Waals surface area contributed by atoms with Crippen LogP contribution in [-0.4, -0.2) is 12.1 Å². The third-order valence-electron chi connectivity index (χ3n) is 5.44. The van der Waals surface area contributed by atoms with Crippen LogP contribution < -0.4 is 4.90 Å². The van der Waals surface area contributed by atoms with Crippen LogP contribution in [0.1, 0.15) is 48.8 Å². The van der Waals surface area contributed by atoms with Crippen LogP contribution in [0.5, 0.6) is 0 Å². The minimum atomic E-state index is 0.714. The van der Waals surface area contributed by atoms with E-state index in [0.29, 0.717) is 12.1 Å². The predicted molar refractivity (Wildman–Crippen MR) is 93.5 cm³/mol. The molecule has 2 heteroatoms. The number of fused-ring (bicyclic) bond motifs is 2. The van der Waals surface area contributed by atoms with Gasteiger partial charge in [0.05, 0.1) is 11.6 Å². The number of hydrogen-bond acceptors (Lipinski definition) is 2. The molecule has 2 aliphatic rings. The highest BCUT2D eigenvalue weighted by Crippen LogP contribution is 2.39. The average molecular weight is 302 g/mol. The van der Waals surface area contributed by atoms with Crippen molar-refractivity contribution in [2.45, 2.75) is 50.6 Å². The molecule has 0 radical (unpaired) electrons. The molecule has 2 heterocycles. The highest BCUT2D eigenvalue weighted by molar-refractivity contribution is 5.57. The fourth-order valence-corrected chi connectivity index (χ4v) is 4.35. The van der Waals surface area contributed by atoms with E-state index in [1.807, 2.05) is 12.1 Å². The lowest BCUT2D eigenvalue weighted by Gasteiger charge is -2.37. The summed E-state index contributed by atoms with van der Waals surface area (Å²) >= 11 is 0. The second-order valence-corrected chi connectivity index (χ2v) is 6.84. The van der Waals surface area contributed by atoms with E-state index in [0.717, 1.165) is 17.5 Å². The van der Waals surface area contributed by atoms with E-state index < -0.39 is 0 Å². The first-order valence-corrected chi connectivity index (χ1v) is 8.70. The van der Waals surface area contributed by atoms with E-state index in [1.54, 1.807) is 0 Å². The largest absolute Gasteiger partial charge is 0.366 e. The van der Waals surface area contributed by atoms with E-state index in [-0.39, 0.29) is 0 Å². The fourth-order valence-electron chi connectivity index (χ4n) is 4.35. The Hall–Kier alpha value is -2.27. The lowest BCUT2D eigenvalue weighted by Crippen LogP contribution is -2.39. The number of nitriles is 1. The number of anilines is 1. The minimum Gasteiger partial charge on any atom is -0.366 e. The van der Waals surface area contributed by atoms with E-state index in [4.69, 9.17) is 0 Å². The van der Waals surface area contributed by atoms with Crippen molar-refractivity contribution in [1.29, 1.82) is 5.26 Å². The van der Waals surface area contributed by atoms with Crippen molar-refractivity contribution in [2.24, 2.45) is 0 Å². The van der Waals surface area contributed by atoms with Gasteiger partial charge in [-0.2, -0.15) is 5.26 Å². The fraction of sp³-hybridized carbons (Fsp3) is 0.381. The van der Waals surface area contributed by atoms with Crippen LogP contribution in [0.15, 0.2) is 48.5 Å². The number of hydrogen-bond donors (Lipinski definition) is 0. The highest BCUT2D eigenvalue weighted by atomic mass is 15.2. The lowest BCUT2D eigenvalue weighted by atomic mass is 9.97. The molecule has 4 rings (SSSR count). The Morgan fingerprint density at radius 3 is 2.39 bits per heavy atom. The zero-order valence-corrected chi connectivity index (χ0v) is 13.4. The Kier molecular flexibility index (Phi) is 3.79. The van der Waals surface area contributed by atoms with Crippen molar-refractivity contribution in [1.82, 2.24) is 0 Å². The van der Waals surface area contributed by atoms with Gasteiger partial charge in [-0.25, -0.2) is 0 Å². The van der Waals surface area contributed by atoms with E-state index in [1.165, 1.54) is 43.4 Å². The summed E-state index contributed by atoms with van der Waals surface area (Å²) in [6.45, 7) is 0. The Balaban J connectivity index is 1.67. The second kappa shape index (κ2) is 6.08. The summed E-state index contributed by atoms with van der Waals surface area (Å²) in [5, 5.41) is 9.45. The molecule has 0 saturated carbocycles. The molecule has 0 aliphatic carbocycles. The van der Waals surface area contributed by atoms with Gasteiger partial charge in [-0.05, 0) is 67.9 Å². The van der Waals surface area contributed by atoms with E-state index in [9.17, 15) is 5.26 Å². The molecule has 2 fully saturated rings. The van der Waals surface area contributed by atoms with Gasteiger partial charge < -0.3 is 4.90 Å². The normalized spacial score (nSPS) is 22.8. The SMILES string of the molecule is N#Cc1ccc(N2[C@@H]3CCC[C@H]2CC3)cc1Cc1ccccc1. The third kappa shape index (κ3) is 2.72. The van der Waals surface area contributed by atoms with Gasteiger partial charge >= 0.3 is 0 Å².